The molecule has 0 unspecified atom stereocenters. The molecule has 86 valence electrons. The van der Waals surface area contributed by atoms with Gasteiger partial charge in [0.25, 0.3) is 0 Å². The molecule has 1 saturated heterocycles. The number of nitrogens with one attached hydrogen (secondary N) is 1. The molecule has 0 spiro atoms. The van der Waals surface area contributed by atoms with Crippen LogP contribution in [0.25, 0.3) is 0 Å². The summed E-state index contributed by atoms with van der Waals surface area (Å²) in [6.45, 7) is 11.5. The number of carbonyl (C=O) groups excluding carboxylic acids is 1. The predicted octanol–water partition coefficient (Wildman–Crippen LogP) is 1.55. The maximum Gasteiger partial charge on any atom is 0.240 e. The summed E-state index contributed by atoms with van der Waals surface area (Å²) in [5.41, 5.74) is -0.129. The Morgan fingerprint density at radius 2 is 2.27 bits per heavy atom. The van der Waals surface area contributed by atoms with Gasteiger partial charge in [-0.3, -0.25) is 4.79 Å². The first kappa shape index (κ1) is 12.2. The Hall–Kier alpha value is -0.830. The van der Waals surface area contributed by atoms with Crippen LogP contribution in [0.3, 0.4) is 0 Å². The third kappa shape index (κ3) is 3.06. The summed E-state index contributed by atoms with van der Waals surface area (Å²) in [7, 11) is 0. The van der Waals surface area contributed by atoms with Gasteiger partial charge in [-0.15, -0.1) is 6.58 Å². The van der Waals surface area contributed by atoms with Gasteiger partial charge in [0.2, 0.25) is 5.91 Å². The van der Waals surface area contributed by atoms with E-state index in [1.54, 1.807) is 6.08 Å². The van der Waals surface area contributed by atoms with Crippen LogP contribution in [0.1, 0.15) is 33.6 Å². The lowest BCUT2D eigenvalue weighted by atomic mass is 10.0. The minimum absolute atomic E-state index is 0.0178. The Balaban J connectivity index is 2.70. The maximum absolute atomic E-state index is 12.2. The molecule has 3 nitrogen and oxygen atoms in total. The van der Waals surface area contributed by atoms with E-state index in [4.69, 9.17) is 0 Å². The first-order valence-corrected chi connectivity index (χ1v) is 5.62. The normalized spacial score (nSPS) is 21.4. The fourth-order valence-electron chi connectivity index (χ4n) is 1.91. The van der Waals surface area contributed by atoms with Crippen LogP contribution < -0.4 is 5.32 Å². The van der Waals surface area contributed by atoms with Crippen molar-refractivity contribution in [2.24, 2.45) is 0 Å². The van der Waals surface area contributed by atoms with E-state index in [9.17, 15) is 4.79 Å². The predicted molar refractivity (Wildman–Crippen MR) is 62.7 cm³/mol. The number of nitrogens with zero attached hydrogens (tertiary/aromatic N) is 1. The highest BCUT2D eigenvalue weighted by Gasteiger charge is 2.32. The molecule has 1 atom stereocenters. The Labute approximate surface area is 92.5 Å². The third-order valence-electron chi connectivity index (χ3n) is 2.75. The molecule has 1 rings (SSSR count). The van der Waals surface area contributed by atoms with E-state index in [0.717, 1.165) is 19.4 Å². The van der Waals surface area contributed by atoms with Gasteiger partial charge < -0.3 is 10.2 Å². The van der Waals surface area contributed by atoms with Gasteiger partial charge >= 0.3 is 0 Å². The Bertz CT molecular complexity index is 236. The van der Waals surface area contributed by atoms with Crippen LogP contribution in [0.4, 0.5) is 0 Å². The van der Waals surface area contributed by atoms with E-state index in [2.05, 4.69) is 32.7 Å². The van der Waals surface area contributed by atoms with E-state index in [0.29, 0.717) is 6.54 Å². The Kier molecular flexibility index (Phi) is 3.91. The monoisotopic (exact) mass is 210 g/mol. The Morgan fingerprint density at radius 1 is 1.60 bits per heavy atom. The van der Waals surface area contributed by atoms with Gasteiger partial charge in [0.1, 0.15) is 0 Å². The van der Waals surface area contributed by atoms with E-state index in [1.807, 2.05) is 4.90 Å². The maximum atomic E-state index is 12.2. The molecule has 0 bridgehead atoms. The van der Waals surface area contributed by atoms with Crippen LogP contribution in [0.5, 0.6) is 0 Å². The van der Waals surface area contributed by atoms with Crippen LogP contribution in [-0.4, -0.2) is 35.5 Å². The fourth-order valence-corrected chi connectivity index (χ4v) is 1.91. The smallest absolute Gasteiger partial charge is 0.240 e. The molecular weight excluding hydrogens is 188 g/mol. The Morgan fingerprint density at radius 3 is 2.67 bits per heavy atom. The first-order valence-electron chi connectivity index (χ1n) is 5.62. The summed E-state index contributed by atoms with van der Waals surface area (Å²) in [5, 5.41) is 3.24. The van der Waals surface area contributed by atoms with Gasteiger partial charge in [0.15, 0.2) is 0 Å². The molecule has 0 aliphatic carbocycles. The largest absolute Gasteiger partial charge is 0.333 e. The molecule has 0 aromatic carbocycles. The second-order valence-electron chi connectivity index (χ2n) is 5.06. The van der Waals surface area contributed by atoms with Gasteiger partial charge in [-0.05, 0) is 40.2 Å². The molecule has 1 heterocycles. The first-order chi connectivity index (χ1) is 6.96. The van der Waals surface area contributed by atoms with Crippen molar-refractivity contribution in [3.05, 3.63) is 12.7 Å². The van der Waals surface area contributed by atoms with Crippen LogP contribution in [0.15, 0.2) is 12.7 Å². The summed E-state index contributed by atoms with van der Waals surface area (Å²) in [5.74, 6) is 0.208. The second kappa shape index (κ2) is 4.79. The summed E-state index contributed by atoms with van der Waals surface area (Å²) < 4.78 is 0. The van der Waals surface area contributed by atoms with Crippen molar-refractivity contribution in [2.45, 2.75) is 45.2 Å². The molecule has 3 heteroatoms. The molecule has 1 aliphatic heterocycles. The number of hydrogen-bond donors (Lipinski definition) is 1. The fraction of sp³-hybridized carbons (Fsp3) is 0.750. The molecular formula is C12H22N2O. The van der Waals surface area contributed by atoms with Crippen molar-refractivity contribution in [3.8, 4) is 0 Å². The number of hydrogen-bond acceptors (Lipinski definition) is 2. The summed E-state index contributed by atoms with van der Waals surface area (Å²) >= 11 is 0. The topological polar surface area (TPSA) is 32.3 Å². The van der Waals surface area contributed by atoms with Gasteiger partial charge in [-0.2, -0.15) is 0 Å². The lowest BCUT2D eigenvalue weighted by molar-refractivity contribution is -0.137. The highest BCUT2D eigenvalue weighted by Crippen LogP contribution is 2.17. The zero-order chi connectivity index (χ0) is 11.5. The van der Waals surface area contributed by atoms with Crippen molar-refractivity contribution < 1.29 is 4.79 Å². The number of rotatable bonds is 3. The summed E-state index contributed by atoms with van der Waals surface area (Å²) in [6, 6.07) is 0.0178. The minimum Gasteiger partial charge on any atom is -0.333 e. The standard InChI is InChI=1S/C12H22N2O/c1-5-9-14(12(2,3)4)11(15)10-7-6-8-13-10/h5,10,13H,1,6-9H2,2-4H3/t10-/m0/s1. The molecule has 15 heavy (non-hydrogen) atoms. The van der Waals surface area contributed by atoms with Gasteiger partial charge in [0, 0.05) is 12.1 Å². The lowest BCUT2D eigenvalue weighted by Gasteiger charge is -2.36. The van der Waals surface area contributed by atoms with Crippen LogP contribution in [0.2, 0.25) is 0 Å². The highest BCUT2D eigenvalue weighted by atomic mass is 16.2. The molecule has 1 N–H and O–H groups in total. The van der Waals surface area contributed by atoms with Gasteiger partial charge in [0.05, 0.1) is 6.04 Å². The van der Waals surface area contributed by atoms with Crippen molar-refractivity contribution in [1.82, 2.24) is 10.2 Å². The molecule has 0 radical (unpaired) electrons. The van der Waals surface area contributed by atoms with Gasteiger partial charge in [-0.25, -0.2) is 0 Å². The van der Waals surface area contributed by atoms with Gasteiger partial charge in [-0.1, -0.05) is 6.08 Å². The van der Waals surface area contributed by atoms with Crippen molar-refractivity contribution in [2.75, 3.05) is 13.1 Å². The molecule has 1 amide bonds. The molecule has 0 aromatic rings. The molecule has 0 aromatic heterocycles. The minimum atomic E-state index is -0.129. The van der Waals surface area contributed by atoms with E-state index < -0.39 is 0 Å². The summed E-state index contributed by atoms with van der Waals surface area (Å²) in [4.78, 5) is 14.1. The SMILES string of the molecule is C=CCN(C(=O)[C@@H]1CCCN1)C(C)(C)C. The summed E-state index contributed by atoms with van der Waals surface area (Å²) in [6.07, 6.45) is 3.85. The quantitative estimate of drug-likeness (QED) is 0.717. The molecule has 0 saturated carbocycles. The highest BCUT2D eigenvalue weighted by molar-refractivity contribution is 5.83. The van der Waals surface area contributed by atoms with Crippen molar-refractivity contribution in [1.29, 1.82) is 0 Å². The van der Waals surface area contributed by atoms with E-state index >= 15 is 0 Å². The number of carbonyl (C=O) groups is 1. The number of amides is 1. The van der Waals surface area contributed by atoms with Crippen molar-refractivity contribution >= 4 is 5.91 Å². The van der Waals surface area contributed by atoms with Crippen LogP contribution in [0, 0.1) is 0 Å². The molecule has 1 aliphatic rings. The van der Waals surface area contributed by atoms with Crippen molar-refractivity contribution in [3.63, 3.8) is 0 Å². The average molecular weight is 210 g/mol. The zero-order valence-electron chi connectivity index (χ0n) is 10.0. The second-order valence-corrected chi connectivity index (χ2v) is 5.06. The van der Waals surface area contributed by atoms with Crippen LogP contribution >= 0.6 is 0 Å². The van der Waals surface area contributed by atoms with Crippen LogP contribution in [-0.2, 0) is 4.79 Å². The van der Waals surface area contributed by atoms with E-state index in [1.165, 1.54) is 0 Å². The third-order valence-corrected chi connectivity index (χ3v) is 2.75. The van der Waals surface area contributed by atoms with E-state index in [-0.39, 0.29) is 17.5 Å². The zero-order valence-corrected chi connectivity index (χ0v) is 10.0. The molecule has 1 fully saturated rings. The average Bonchev–Trinajstić information content (AvgIpc) is 2.63. The lowest BCUT2D eigenvalue weighted by Crippen LogP contribution is -2.52.